The highest BCUT2D eigenvalue weighted by Crippen LogP contribution is 2.09. The summed E-state index contributed by atoms with van der Waals surface area (Å²) in [6, 6.07) is 1.59. The van der Waals surface area contributed by atoms with Crippen LogP contribution < -0.4 is 5.32 Å². The maximum Gasteiger partial charge on any atom is 0.224 e. The first-order chi connectivity index (χ1) is 9.28. The summed E-state index contributed by atoms with van der Waals surface area (Å²) in [7, 11) is 0. The minimum atomic E-state index is -0.183. The van der Waals surface area contributed by atoms with Gasteiger partial charge in [-0.1, -0.05) is 6.42 Å². The lowest BCUT2D eigenvalue weighted by Gasteiger charge is -2.30. The van der Waals surface area contributed by atoms with Crippen molar-refractivity contribution in [3.63, 3.8) is 0 Å². The number of aliphatic hydroxyl groups excluding tert-OH is 1. The molecule has 2 rings (SSSR count). The van der Waals surface area contributed by atoms with Gasteiger partial charge in [0.1, 0.15) is 0 Å². The van der Waals surface area contributed by atoms with Crippen molar-refractivity contribution in [2.75, 3.05) is 26.2 Å². The van der Waals surface area contributed by atoms with E-state index in [1.54, 1.807) is 18.6 Å². The molecule has 0 unspecified atom stereocenters. The Labute approximate surface area is 113 Å². The van der Waals surface area contributed by atoms with Crippen LogP contribution in [0.15, 0.2) is 23.0 Å². The van der Waals surface area contributed by atoms with E-state index < -0.39 is 0 Å². The molecule has 1 saturated heterocycles. The number of rotatable bonds is 6. The lowest BCUT2D eigenvalue weighted by atomic mass is 10.1. The van der Waals surface area contributed by atoms with Crippen LogP contribution in [0, 0.1) is 0 Å². The molecular weight excluding hydrogens is 244 g/mol. The van der Waals surface area contributed by atoms with Gasteiger partial charge in [0, 0.05) is 6.54 Å². The summed E-state index contributed by atoms with van der Waals surface area (Å²) < 4.78 is 4.93. The number of furan rings is 1. The van der Waals surface area contributed by atoms with E-state index in [-0.39, 0.29) is 18.6 Å². The third kappa shape index (κ3) is 4.69. The topological polar surface area (TPSA) is 65.7 Å². The van der Waals surface area contributed by atoms with Crippen LogP contribution in [0.5, 0.6) is 0 Å². The predicted molar refractivity (Wildman–Crippen MR) is 71.7 cm³/mol. The van der Waals surface area contributed by atoms with E-state index in [0.717, 1.165) is 25.2 Å². The van der Waals surface area contributed by atoms with Crippen LogP contribution in [0.1, 0.15) is 24.8 Å². The van der Waals surface area contributed by atoms with E-state index >= 15 is 0 Å². The number of carbonyl (C=O) groups is 1. The lowest BCUT2D eigenvalue weighted by Crippen LogP contribution is -2.47. The van der Waals surface area contributed by atoms with Crippen LogP contribution in [-0.2, 0) is 11.2 Å². The molecule has 1 amide bonds. The summed E-state index contributed by atoms with van der Waals surface area (Å²) >= 11 is 0. The summed E-state index contributed by atoms with van der Waals surface area (Å²) in [6.07, 6.45) is 7.13. The van der Waals surface area contributed by atoms with Crippen LogP contribution >= 0.6 is 0 Å². The Balaban J connectivity index is 1.76. The highest BCUT2D eigenvalue weighted by molar-refractivity contribution is 5.78. The minimum Gasteiger partial charge on any atom is -0.472 e. The van der Waals surface area contributed by atoms with Crippen molar-refractivity contribution in [1.82, 2.24) is 10.2 Å². The number of hydrogen-bond acceptors (Lipinski definition) is 4. The largest absolute Gasteiger partial charge is 0.472 e. The highest BCUT2D eigenvalue weighted by Gasteiger charge is 2.17. The first kappa shape index (κ1) is 14.1. The molecule has 2 N–H and O–H groups in total. The molecule has 1 aromatic rings. The van der Waals surface area contributed by atoms with Crippen LogP contribution in [0.3, 0.4) is 0 Å². The molecule has 1 aliphatic heterocycles. The average Bonchev–Trinajstić information content (AvgIpc) is 2.92. The summed E-state index contributed by atoms with van der Waals surface area (Å²) in [5, 5.41) is 12.3. The number of nitrogens with zero attached hydrogens (tertiary/aromatic N) is 1. The molecule has 1 aromatic heterocycles. The molecule has 1 atom stereocenters. The average molecular weight is 266 g/mol. The van der Waals surface area contributed by atoms with Gasteiger partial charge in [0.05, 0.1) is 31.6 Å². The van der Waals surface area contributed by atoms with Gasteiger partial charge in [-0.3, -0.25) is 4.79 Å². The second-order valence-corrected chi connectivity index (χ2v) is 5.12. The Morgan fingerprint density at radius 3 is 2.84 bits per heavy atom. The first-order valence-electron chi connectivity index (χ1n) is 6.91. The summed E-state index contributed by atoms with van der Waals surface area (Å²) in [5.41, 5.74) is 0.854. The van der Waals surface area contributed by atoms with E-state index in [9.17, 15) is 9.90 Å². The molecule has 5 nitrogen and oxygen atoms in total. The van der Waals surface area contributed by atoms with Crippen molar-refractivity contribution in [1.29, 1.82) is 0 Å². The number of aliphatic hydroxyl groups is 1. The molecule has 0 spiro atoms. The normalized spacial score (nSPS) is 18.2. The van der Waals surface area contributed by atoms with Crippen molar-refractivity contribution in [2.45, 2.75) is 31.7 Å². The van der Waals surface area contributed by atoms with Gasteiger partial charge >= 0.3 is 0 Å². The van der Waals surface area contributed by atoms with Gasteiger partial charge in [0.2, 0.25) is 5.91 Å². The smallest absolute Gasteiger partial charge is 0.224 e. The molecule has 1 aliphatic rings. The first-order valence-corrected chi connectivity index (χ1v) is 6.91. The van der Waals surface area contributed by atoms with Crippen molar-refractivity contribution in [3.05, 3.63) is 24.2 Å². The number of carbonyl (C=O) groups excluding carboxylic acids is 1. The molecule has 19 heavy (non-hydrogen) atoms. The Bertz CT molecular complexity index is 372. The van der Waals surface area contributed by atoms with E-state index in [1.807, 2.05) is 0 Å². The summed E-state index contributed by atoms with van der Waals surface area (Å²) in [5.74, 6) is -0.0718. The fraction of sp³-hybridized carbons (Fsp3) is 0.643. The zero-order chi connectivity index (χ0) is 13.5. The molecule has 0 aromatic carbocycles. The Hall–Kier alpha value is -1.33. The fourth-order valence-electron chi connectivity index (χ4n) is 2.46. The zero-order valence-electron chi connectivity index (χ0n) is 11.2. The van der Waals surface area contributed by atoms with Crippen LogP contribution in [0.2, 0.25) is 0 Å². The molecule has 1 fully saturated rings. The third-order valence-electron chi connectivity index (χ3n) is 3.46. The number of nitrogens with one attached hydrogen (secondary N) is 1. The predicted octanol–water partition coefficient (Wildman–Crippen LogP) is 0.785. The van der Waals surface area contributed by atoms with Gasteiger partial charge in [-0.2, -0.15) is 0 Å². The van der Waals surface area contributed by atoms with Gasteiger partial charge in [0.15, 0.2) is 0 Å². The van der Waals surface area contributed by atoms with Crippen LogP contribution in [0.25, 0.3) is 0 Å². The van der Waals surface area contributed by atoms with Gasteiger partial charge in [-0.05, 0) is 37.6 Å². The van der Waals surface area contributed by atoms with Gasteiger partial charge in [-0.15, -0.1) is 0 Å². The number of hydrogen-bond donors (Lipinski definition) is 2. The van der Waals surface area contributed by atoms with E-state index in [0.29, 0.717) is 6.42 Å². The fourth-order valence-corrected chi connectivity index (χ4v) is 2.46. The monoisotopic (exact) mass is 266 g/mol. The van der Waals surface area contributed by atoms with Crippen molar-refractivity contribution >= 4 is 5.91 Å². The Morgan fingerprint density at radius 1 is 1.42 bits per heavy atom. The molecule has 106 valence electrons. The lowest BCUT2D eigenvalue weighted by molar-refractivity contribution is -0.121. The van der Waals surface area contributed by atoms with Gasteiger partial charge < -0.3 is 19.7 Å². The standard InChI is InChI=1S/C14H22N2O3/c17-10-13(9-16-5-2-1-3-6-16)15-14(18)8-12-4-7-19-11-12/h4,7,11,13,17H,1-3,5-6,8-10H2,(H,15,18)/t13-/m0/s1. The van der Waals surface area contributed by atoms with E-state index in [4.69, 9.17) is 4.42 Å². The summed E-state index contributed by atoms with van der Waals surface area (Å²) in [6.45, 7) is 2.84. The highest BCUT2D eigenvalue weighted by atomic mass is 16.3. The second kappa shape index (κ2) is 7.31. The summed E-state index contributed by atoms with van der Waals surface area (Å²) in [4.78, 5) is 14.1. The second-order valence-electron chi connectivity index (χ2n) is 5.12. The van der Waals surface area contributed by atoms with Crippen molar-refractivity contribution in [3.8, 4) is 0 Å². The maximum absolute atomic E-state index is 11.8. The van der Waals surface area contributed by atoms with Crippen molar-refractivity contribution in [2.24, 2.45) is 0 Å². The molecule has 5 heteroatoms. The Morgan fingerprint density at radius 2 is 2.21 bits per heavy atom. The van der Waals surface area contributed by atoms with E-state index in [2.05, 4.69) is 10.2 Å². The van der Waals surface area contributed by atoms with Crippen LogP contribution in [-0.4, -0.2) is 48.2 Å². The van der Waals surface area contributed by atoms with Gasteiger partial charge in [0.25, 0.3) is 0 Å². The van der Waals surface area contributed by atoms with Gasteiger partial charge in [-0.25, -0.2) is 0 Å². The Kier molecular flexibility index (Phi) is 5.42. The number of piperidine rings is 1. The zero-order valence-corrected chi connectivity index (χ0v) is 11.2. The quantitative estimate of drug-likeness (QED) is 0.799. The SMILES string of the molecule is O=C(Cc1ccoc1)N[C@H](CO)CN1CCCCC1. The third-order valence-corrected chi connectivity index (χ3v) is 3.46. The molecule has 2 heterocycles. The number of likely N-dealkylation sites (tertiary alicyclic amines) is 1. The van der Waals surface area contributed by atoms with Crippen molar-refractivity contribution < 1.29 is 14.3 Å². The molecule has 0 radical (unpaired) electrons. The number of amides is 1. The van der Waals surface area contributed by atoms with E-state index in [1.165, 1.54) is 19.3 Å². The molecular formula is C14H22N2O3. The molecule has 0 bridgehead atoms. The molecule has 0 aliphatic carbocycles. The van der Waals surface area contributed by atoms with Crippen LogP contribution in [0.4, 0.5) is 0 Å². The maximum atomic E-state index is 11.8. The molecule has 0 saturated carbocycles. The minimum absolute atomic E-state index is 0.0202.